The van der Waals surface area contributed by atoms with E-state index in [0.29, 0.717) is 11.8 Å². The quantitative estimate of drug-likeness (QED) is 0.874. The Hall–Kier alpha value is -1.64. The molecule has 3 fully saturated rings. The third kappa shape index (κ3) is 3.26. The molecule has 0 saturated carbocycles. The van der Waals surface area contributed by atoms with E-state index in [9.17, 15) is 5.11 Å². The summed E-state index contributed by atoms with van der Waals surface area (Å²) in [6.45, 7) is 5.61. The molecule has 3 aliphatic heterocycles. The van der Waals surface area contributed by atoms with Crippen molar-refractivity contribution in [1.29, 1.82) is 0 Å². The number of fused-ring (bicyclic) bond motifs is 3. The van der Waals surface area contributed by atoms with Gasteiger partial charge < -0.3 is 10.0 Å². The summed E-state index contributed by atoms with van der Waals surface area (Å²) in [7, 11) is 0. The van der Waals surface area contributed by atoms with Crippen LogP contribution in [0.25, 0.3) is 0 Å². The molecule has 2 aromatic carbocycles. The van der Waals surface area contributed by atoms with Gasteiger partial charge in [0.25, 0.3) is 0 Å². The molecule has 0 aliphatic carbocycles. The van der Waals surface area contributed by atoms with Gasteiger partial charge in [-0.15, -0.1) is 0 Å². The molecule has 2 atom stereocenters. The molecule has 0 radical (unpaired) electrons. The standard InChI is InChI=1S/C23H29NO.H2/c1-18-7-5-6-10-21(18)23(25,14-11-19-8-3-2-4-9-19)22-17-24-15-12-20(22)13-16-24;/h2-10,20,22,25H,11-17H2,1H3;1H. The van der Waals surface area contributed by atoms with Crippen molar-refractivity contribution in [2.45, 2.75) is 38.2 Å². The molecule has 2 bridgehead atoms. The average molecular weight is 338 g/mol. The van der Waals surface area contributed by atoms with Crippen LogP contribution in [0, 0.1) is 18.8 Å². The molecule has 0 amide bonds. The highest BCUT2D eigenvalue weighted by Gasteiger charge is 2.47. The summed E-state index contributed by atoms with van der Waals surface area (Å²) >= 11 is 0. The van der Waals surface area contributed by atoms with E-state index in [2.05, 4.69) is 66.4 Å². The molecule has 3 saturated heterocycles. The fourth-order valence-electron chi connectivity index (χ4n) is 5.06. The molecule has 25 heavy (non-hydrogen) atoms. The van der Waals surface area contributed by atoms with Crippen LogP contribution in [0.2, 0.25) is 0 Å². The van der Waals surface area contributed by atoms with Gasteiger partial charge in [0, 0.05) is 13.9 Å². The average Bonchev–Trinajstić information content (AvgIpc) is 2.68. The van der Waals surface area contributed by atoms with Crippen LogP contribution in [0.15, 0.2) is 54.6 Å². The summed E-state index contributed by atoms with van der Waals surface area (Å²) in [5, 5.41) is 12.0. The Balaban J connectivity index is 0.00000196. The molecular formula is C23H31NO. The topological polar surface area (TPSA) is 23.5 Å². The van der Waals surface area contributed by atoms with Gasteiger partial charge >= 0.3 is 0 Å². The highest BCUT2D eigenvalue weighted by Crippen LogP contribution is 2.46. The third-order valence-corrected chi connectivity index (χ3v) is 6.52. The zero-order valence-corrected chi connectivity index (χ0v) is 15.2. The van der Waals surface area contributed by atoms with Crippen LogP contribution in [-0.2, 0) is 12.0 Å². The predicted molar refractivity (Wildman–Crippen MR) is 105 cm³/mol. The van der Waals surface area contributed by atoms with Crippen molar-refractivity contribution in [3.63, 3.8) is 0 Å². The first kappa shape index (κ1) is 16.8. The molecule has 2 aromatic rings. The van der Waals surface area contributed by atoms with Crippen LogP contribution < -0.4 is 0 Å². The summed E-state index contributed by atoms with van der Waals surface area (Å²) in [4.78, 5) is 2.55. The molecule has 0 aromatic heterocycles. The number of nitrogens with zero attached hydrogens (tertiary/aromatic N) is 1. The van der Waals surface area contributed by atoms with Crippen molar-refractivity contribution >= 4 is 0 Å². The lowest BCUT2D eigenvalue weighted by atomic mass is 9.65. The molecule has 134 valence electrons. The van der Waals surface area contributed by atoms with E-state index in [1.54, 1.807) is 0 Å². The van der Waals surface area contributed by atoms with Gasteiger partial charge in [0.1, 0.15) is 0 Å². The Kier molecular flexibility index (Phi) is 4.66. The summed E-state index contributed by atoms with van der Waals surface area (Å²) in [6.07, 6.45) is 4.21. The van der Waals surface area contributed by atoms with Crippen LogP contribution in [0.3, 0.4) is 0 Å². The highest BCUT2D eigenvalue weighted by atomic mass is 16.3. The minimum Gasteiger partial charge on any atom is -0.385 e. The maximum Gasteiger partial charge on any atom is 0.0945 e. The molecule has 1 N–H and O–H groups in total. The van der Waals surface area contributed by atoms with E-state index >= 15 is 0 Å². The van der Waals surface area contributed by atoms with Gasteiger partial charge in [0.15, 0.2) is 0 Å². The fourth-order valence-corrected chi connectivity index (χ4v) is 5.06. The Bertz CT molecular complexity index is 711. The van der Waals surface area contributed by atoms with Crippen molar-refractivity contribution in [2.75, 3.05) is 19.6 Å². The second-order valence-electron chi connectivity index (χ2n) is 7.97. The molecule has 2 heteroatoms. The van der Waals surface area contributed by atoms with Gasteiger partial charge in [-0.2, -0.15) is 0 Å². The number of benzene rings is 2. The van der Waals surface area contributed by atoms with Gasteiger partial charge in [-0.25, -0.2) is 0 Å². The number of hydrogen-bond donors (Lipinski definition) is 1. The number of aryl methyl sites for hydroxylation is 2. The second-order valence-corrected chi connectivity index (χ2v) is 7.97. The van der Waals surface area contributed by atoms with Gasteiger partial charge in [-0.3, -0.25) is 0 Å². The lowest BCUT2D eigenvalue weighted by Gasteiger charge is -2.51. The van der Waals surface area contributed by atoms with Crippen LogP contribution in [0.1, 0.15) is 37.4 Å². The molecule has 3 aliphatic rings. The normalized spacial score (nSPS) is 27.8. The molecular weight excluding hydrogens is 306 g/mol. The first-order valence-electron chi connectivity index (χ1n) is 9.71. The molecule has 3 heterocycles. The Morgan fingerprint density at radius 3 is 2.36 bits per heavy atom. The van der Waals surface area contributed by atoms with Crippen LogP contribution in [0.4, 0.5) is 0 Å². The van der Waals surface area contributed by atoms with E-state index in [1.165, 1.54) is 37.1 Å². The summed E-state index contributed by atoms with van der Waals surface area (Å²) in [6, 6.07) is 19.0. The lowest BCUT2D eigenvalue weighted by molar-refractivity contribution is -0.106. The first-order valence-corrected chi connectivity index (χ1v) is 9.71. The molecule has 0 spiro atoms. The van der Waals surface area contributed by atoms with Crippen molar-refractivity contribution in [2.24, 2.45) is 11.8 Å². The van der Waals surface area contributed by atoms with Crippen molar-refractivity contribution in [3.05, 3.63) is 71.3 Å². The first-order chi connectivity index (χ1) is 12.2. The van der Waals surface area contributed by atoms with E-state index in [0.717, 1.165) is 24.9 Å². The zero-order chi connectivity index (χ0) is 17.3. The van der Waals surface area contributed by atoms with Crippen LogP contribution in [-0.4, -0.2) is 29.6 Å². The second kappa shape index (κ2) is 6.93. The van der Waals surface area contributed by atoms with E-state index in [1.807, 2.05) is 0 Å². The van der Waals surface area contributed by atoms with E-state index in [-0.39, 0.29) is 1.43 Å². The number of piperidine rings is 3. The number of rotatable bonds is 5. The van der Waals surface area contributed by atoms with E-state index < -0.39 is 5.60 Å². The Morgan fingerprint density at radius 1 is 1.04 bits per heavy atom. The Labute approximate surface area is 153 Å². The van der Waals surface area contributed by atoms with Crippen molar-refractivity contribution in [1.82, 2.24) is 4.90 Å². The minimum absolute atomic E-state index is 0. The van der Waals surface area contributed by atoms with E-state index in [4.69, 9.17) is 0 Å². The third-order valence-electron chi connectivity index (χ3n) is 6.52. The highest BCUT2D eigenvalue weighted by molar-refractivity contribution is 5.33. The summed E-state index contributed by atoms with van der Waals surface area (Å²) < 4.78 is 0. The summed E-state index contributed by atoms with van der Waals surface area (Å²) in [5.74, 6) is 1.00. The smallest absolute Gasteiger partial charge is 0.0945 e. The van der Waals surface area contributed by atoms with Crippen LogP contribution >= 0.6 is 0 Å². The van der Waals surface area contributed by atoms with Crippen molar-refractivity contribution in [3.8, 4) is 0 Å². The van der Waals surface area contributed by atoms with Gasteiger partial charge in [-0.05, 0) is 68.3 Å². The zero-order valence-electron chi connectivity index (χ0n) is 15.2. The fraction of sp³-hybridized carbons (Fsp3) is 0.478. The summed E-state index contributed by atoms with van der Waals surface area (Å²) in [5.41, 5.74) is 2.94. The van der Waals surface area contributed by atoms with Gasteiger partial charge in [-0.1, -0.05) is 54.6 Å². The number of aliphatic hydroxyl groups is 1. The number of hydrogen-bond acceptors (Lipinski definition) is 2. The van der Waals surface area contributed by atoms with Gasteiger partial charge in [0.2, 0.25) is 0 Å². The van der Waals surface area contributed by atoms with Crippen molar-refractivity contribution < 1.29 is 6.53 Å². The monoisotopic (exact) mass is 337 g/mol. The minimum atomic E-state index is -0.731. The maximum absolute atomic E-state index is 12.0. The predicted octanol–water partition coefficient (Wildman–Crippen LogP) is 4.40. The molecule has 5 rings (SSSR count). The van der Waals surface area contributed by atoms with Gasteiger partial charge in [0.05, 0.1) is 5.60 Å². The lowest BCUT2D eigenvalue weighted by Crippen LogP contribution is -2.55. The largest absolute Gasteiger partial charge is 0.385 e. The maximum atomic E-state index is 12.0. The molecule has 2 nitrogen and oxygen atoms in total. The Morgan fingerprint density at radius 2 is 1.72 bits per heavy atom. The van der Waals surface area contributed by atoms with Crippen LogP contribution in [0.5, 0.6) is 0 Å². The molecule has 2 unspecified atom stereocenters. The SMILES string of the molecule is Cc1ccccc1C(O)(CCc1ccccc1)C1CN2CCC1CC2.[HH].